The van der Waals surface area contributed by atoms with E-state index in [0.717, 1.165) is 6.54 Å². The number of benzene rings is 1. The topological polar surface area (TPSA) is 62.6 Å². The monoisotopic (exact) mass is 288 g/mol. The second-order valence-corrected chi connectivity index (χ2v) is 6.41. The molecule has 3 N–H and O–H groups in total. The summed E-state index contributed by atoms with van der Waals surface area (Å²) >= 11 is 0. The third-order valence-corrected chi connectivity index (χ3v) is 5.24. The quantitative estimate of drug-likeness (QED) is 0.642. The first-order valence-electron chi connectivity index (χ1n) is 7.47. The van der Waals surface area contributed by atoms with Gasteiger partial charge >= 0.3 is 6.03 Å². The fourth-order valence-corrected chi connectivity index (χ4v) is 4.29. The van der Waals surface area contributed by atoms with Gasteiger partial charge in [0.25, 0.3) is 5.91 Å². The van der Waals surface area contributed by atoms with Crippen LogP contribution in [0.1, 0.15) is 25.5 Å². The number of piperidine rings is 1. The fraction of sp³-hybridized carbons (Fsp3) is 0.500. The number of hydrogen-bond acceptors (Lipinski definition) is 2. The van der Waals surface area contributed by atoms with E-state index in [1.165, 1.54) is 10.5 Å². The predicted molar refractivity (Wildman–Crippen MR) is 78.7 cm³/mol. The molecule has 0 aliphatic carbocycles. The Morgan fingerprint density at radius 3 is 2.43 bits per heavy atom. The van der Waals surface area contributed by atoms with Gasteiger partial charge in [-0.2, -0.15) is 0 Å². The maximum atomic E-state index is 12.5. The highest BCUT2D eigenvalue weighted by Gasteiger charge is 2.61. The van der Waals surface area contributed by atoms with Crippen LogP contribution in [-0.2, 0) is 4.79 Å². The van der Waals surface area contributed by atoms with Gasteiger partial charge in [0.15, 0.2) is 0 Å². The van der Waals surface area contributed by atoms with Crippen molar-refractivity contribution in [1.82, 2.24) is 10.6 Å². The lowest BCUT2D eigenvalue weighted by Crippen LogP contribution is -3.13. The van der Waals surface area contributed by atoms with E-state index in [2.05, 4.69) is 36.7 Å². The van der Waals surface area contributed by atoms with Gasteiger partial charge in [-0.1, -0.05) is 44.2 Å². The summed E-state index contributed by atoms with van der Waals surface area (Å²) in [6.07, 6.45) is 0. The van der Waals surface area contributed by atoms with Crippen molar-refractivity contribution in [2.75, 3.05) is 13.6 Å². The molecular weight excluding hydrogens is 266 g/mol. The number of hydrogen-bond donors (Lipinski definition) is 3. The van der Waals surface area contributed by atoms with Crippen molar-refractivity contribution in [2.24, 2.45) is 11.8 Å². The molecule has 1 aromatic rings. The molecule has 2 aliphatic heterocycles. The molecule has 0 aromatic heterocycles. The molecule has 1 aromatic carbocycles. The summed E-state index contributed by atoms with van der Waals surface area (Å²) in [5, 5.41) is 5.35. The van der Waals surface area contributed by atoms with Crippen LogP contribution in [0.3, 0.4) is 0 Å². The van der Waals surface area contributed by atoms with Gasteiger partial charge in [0.05, 0.1) is 13.6 Å². The molecule has 3 amide bonds. The number of amides is 3. The van der Waals surface area contributed by atoms with E-state index in [0.29, 0.717) is 0 Å². The van der Waals surface area contributed by atoms with Crippen LogP contribution in [0.5, 0.6) is 0 Å². The van der Waals surface area contributed by atoms with Crippen molar-refractivity contribution in [1.29, 1.82) is 0 Å². The molecule has 0 radical (unpaired) electrons. The summed E-state index contributed by atoms with van der Waals surface area (Å²) in [4.78, 5) is 25.5. The van der Waals surface area contributed by atoms with E-state index in [1.807, 2.05) is 25.1 Å². The normalized spacial score (nSPS) is 39.2. The van der Waals surface area contributed by atoms with Gasteiger partial charge in [-0.05, 0) is 0 Å². The first kappa shape index (κ1) is 14.1. The van der Waals surface area contributed by atoms with Crippen LogP contribution >= 0.6 is 0 Å². The van der Waals surface area contributed by atoms with Crippen LogP contribution in [0.2, 0.25) is 0 Å². The van der Waals surface area contributed by atoms with Gasteiger partial charge in [-0.25, -0.2) is 4.79 Å². The van der Waals surface area contributed by atoms with Crippen LogP contribution in [0.4, 0.5) is 4.79 Å². The molecule has 5 atom stereocenters. The minimum absolute atomic E-state index is 0.0232. The number of imide groups is 1. The molecule has 2 heterocycles. The largest absolute Gasteiger partial charge is 0.331 e. The van der Waals surface area contributed by atoms with Gasteiger partial charge in [-0.3, -0.25) is 10.1 Å². The average Bonchev–Trinajstić information content (AvgIpc) is 2.74. The fourth-order valence-electron chi connectivity index (χ4n) is 4.29. The van der Waals surface area contributed by atoms with Crippen molar-refractivity contribution in [3.8, 4) is 0 Å². The smallest absolute Gasteiger partial charge is 0.322 e. The maximum Gasteiger partial charge on any atom is 0.322 e. The standard InChI is InChI=1S/C16H21N3O2/c1-10-9-19(3)13(12-7-5-4-6-8-12)11(2)16(10)14(20)17-15(21)18-16/h4-8,10-11,13H,9H2,1-3H3,(H2,17,18,20,21)/p+1/t10-,11-,13+,16+/m1/s1. The van der Waals surface area contributed by atoms with E-state index in [4.69, 9.17) is 0 Å². The van der Waals surface area contributed by atoms with E-state index >= 15 is 0 Å². The first-order valence-corrected chi connectivity index (χ1v) is 7.47. The van der Waals surface area contributed by atoms with Gasteiger partial charge in [0.2, 0.25) is 0 Å². The molecule has 21 heavy (non-hydrogen) atoms. The molecule has 5 heteroatoms. The van der Waals surface area contributed by atoms with Crippen LogP contribution in [0.25, 0.3) is 0 Å². The average molecular weight is 288 g/mol. The number of urea groups is 1. The third-order valence-electron chi connectivity index (χ3n) is 5.24. The third kappa shape index (κ3) is 1.95. The summed E-state index contributed by atoms with van der Waals surface area (Å²) in [5.74, 6) is -0.0602. The second kappa shape index (κ2) is 4.84. The Kier molecular flexibility index (Phi) is 3.24. The van der Waals surface area contributed by atoms with Gasteiger partial charge in [0.1, 0.15) is 11.6 Å². The Labute approximate surface area is 124 Å². The maximum absolute atomic E-state index is 12.5. The Bertz CT molecular complexity index is 574. The molecule has 0 bridgehead atoms. The summed E-state index contributed by atoms with van der Waals surface area (Å²) in [5.41, 5.74) is 0.416. The minimum Gasteiger partial charge on any atom is -0.331 e. The molecular formula is C16H22N3O2+. The van der Waals surface area contributed by atoms with Crippen molar-refractivity contribution in [3.05, 3.63) is 35.9 Å². The molecule has 3 rings (SSSR count). The second-order valence-electron chi connectivity index (χ2n) is 6.41. The number of quaternary nitrogens is 1. The molecule has 1 unspecified atom stereocenters. The zero-order valence-electron chi connectivity index (χ0n) is 12.6. The van der Waals surface area contributed by atoms with Crippen molar-refractivity contribution in [3.63, 3.8) is 0 Å². The van der Waals surface area contributed by atoms with Crippen LogP contribution in [-0.4, -0.2) is 31.1 Å². The molecule has 0 saturated carbocycles. The molecule has 2 fully saturated rings. The number of nitrogens with one attached hydrogen (secondary N) is 3. The predicted octanol–water partition coefficient (Wildman–Crippen LogP) is 0.106. The molecule has 2 saturated heterocycles. The minimum atomic E-state index is -0.795. The highest BCUT2D eigenvalue weighted by atomic mass is 16.2. The van der Waals surface area contributed by atoms with Crippen LogP contribution < -0.4 is 15.5 Å². The van der Waals surface area contributed by atoms with Crippen LogP contribution in [0.15, 0.2) is 30.3 Å². The molecule has 112 valence electrons. The number of likely N-dealkylation sites (tertiary alicyclic amines) is 1. The summed E-state index contributed by atoms with van der Waals surface area (Å²) < 4.78 is 0. The Hall–Kier alpha value is -1.88. The zero-order valence-corrected chi connectivity index (χ0v) is 12.6. The van der Waals surface area contributed by atoms with Gasteiger partial charge < -0.3 is 10.2 Å². The summed E-state index contributed by atoms with van der Waals surface area (Å²) in [6, 6.07) is 10.1. The lowest BCUT2D eigenvalue weighted by molar-refractivity contribution is -0.927. The highest BCUT2D eigenvalue weighted by molar-refractivity contribution is 6.07. The van der Waals surface area contributed by atoms with Crippen molar-refractivity contribution >= 4 is 11.9 Å². The number of carbonyl (C=O) groups is 2. The summed E-state index contributed by atoms with van der Waals surface area (Å²) in [7, 11) is 2.16. The molecule has 5 nitrogen and oxygen atoms in total. The Morgan fingerprint density at radius 1 is 1.19 bits per heavy atom. The van der Waals surface area contributed by atoms with E-state index < -0.39 is 5.54 Å². The van der Waals surface area contributed by atoms with Crippen LogP contribution in [0, 0.1) is 11.8 Å². The zero-order chi connectivity index (χ0) is 15.2. The molecule has 2 aliphatic rings. The highest BCUT2D eigenvalue weighted by Crippen LogP contribution is 2.38. The first-order chi connectivity index (χ1) is 9.96. The van der Waals surface area contributed by atoms with E-state index in [9.17, 15) is 9.59 Å². The van der Waals surface area contributed by atoms with Gasteiger partial charge in [0, 0.05) is 17.4 Å². The van der Waals surface area contributed by atoms with Crippen molar-refractivity contribution < 1.29 is 14.5 Å². The Morgan fingerprint density at radius 2 is 1.86 bits per heavy atom. The van der Waals surface area contributed by atoms with Crippen molar-refractivity contribution in [2.45, 2.75) is 25.4 Å². The number of carbonyl (C=O) groups excluding carboxylic acids is 2. The lowest BCUT2D eigenvalue weighted by atomic mass is 9.67. The SMILES string of the molecule is C[C@@H]1C[NH+](C)[C@H](c2ccccc2)[C@@H](C)[C@@]12NC(=O)NC2=O. The number of rotatable bonds is 1. The van der Waals surface area contributed by atoms with E-state index in [-0.39, 0.29) is 29.8 Å². The van der Waals surface area contributed by atoms with E-state index in [1.54, 1.807) is 0 Å². The summed E-state index contributed by atoms with van der Waals surface area (Å²) in [6.45, 7) is 4.96. The lowest BCUT2D eigenvalue weighted by Gasteiger charge is -2.48. The Balaban J connectivity index is 2.04. The molecule has 1 spiro atoms. The van der Waals surface area contributed by atoms with Gasteiger partial charge in [-0.15, -0.1) is 0 Å².